The third-order valence-corrected chi connectivity index (χ3v) is 4.55. The van der Waals surface area contributed by atoms with Crippen LogP contribution < -0.4 is 5.32 Å². The predicted octanol–water partition coefficient (Wildman–Crippen LogP) is 1.73. The van der Waals surface area contributed by atoms with E-state index in [0.717, 1.165) is 32.3 Å². The molecule has 1 saturated carbocycles. The fraction of sp³-hybridized carbons (Fsp3) is 0.529. The number of nitrogens with zero attached hydrogens (tertiary/aromatic N) is 4. The summed E-state index contributed by atoms with van der Waals surface area (Å²) in [5.41, 5.74) is 0.648. The summed E-state index contributed by atoms with van der Waals surface area (Å²) >= 11 is 0. The first kappa shape index (κ1) is 15.3. The molecule has 0 radical (unpaired) electrons. The second kappa shape index (κ2) is 6.68. The van der Waals surface area contributed by atoms with E-state index in [2.05, 4.69) is 20.7 Å². The van der Waals surface area contributed by atoms with Gasteiger partial charge >= 0.3 is 0 Å². The molecular formula is C17H21N5O2. The number of benzene rings is 1. The minimum atomic E-state index is -0.170. The number of ether oxygens (including phenoxy) is 1. The Morgan fingerprint density at radius 3 is 2.83 bits per heavy atom. The molecule has 24 heavy (non-hydrogen) atoms. The molecule has 0 spiro atoms. The van der Waals surface area contributed by atoms with Gasteiger partial charge in [-0.3, -0.25) is 4.79 Å². The molecule has 7 nitrogen and oxygen atoms in total. The molecule has 1 aliphatic heterocycles. The average molecular weight is 327 g/mol. The number of nitrogens with one attached hydrogen (secondary N) is 1. The summed E-state index contributed by atoms with van der Waals surface area (Å²) in [6, 6.07) is 9.06. The lowest BCUT2D eigenvalue weighted by Crippen LogP contribution is -2.30. The normalized spacial score (nSPS) is 21.6. The van der Waals surface area contributed by atoms with Gasteiger partial charge in [0, 0.05) is 12.2 Å². The van der Waals surface area contributed by atoms with Crippen LogP contribution in [0.3, 0.4) is 0 Å². The van der Waals surface area contributed by atoms with E-state index in [0.29, 0.717) is 23.9 Å². The van der Waals surface area contributed by atoms with Gasteiger partial charge in [0.05, 0.1) is 18.7 Å². The van der Waals surface area contributed by atoms with Gasteiger partial charge in [-0.25, -0.2) is 0 Å². The van der Waals surface area contributed by atoms with E-state index in [1.165, 1.54) is 0 Å². The number of aromatic nitrogens is 4. The second-order valence-electron chi connectivity index (χ2n) is 6.49. The largest absolute Gasteiger partial charge is 0.376 e. The summed E-state index contributed by atoms with van der Waals surface area (Å²) in [4.78, 5) is 14.0. The highest BCUT2D eigenvalue weighted by Gasteiger charge is 2.36. The summed E-state index contributed by atoms with van der Waals surface area (Å²) in [5.74, 6) is 0.904. The number of carbonyl (C=O) groups excluding carboxylic acids is 1. The lowest BCUT2D eigenvalue weighted by molar-refractivity contribution is 0.0892. The van der Waals surface area contributed by atoms with E-state index in [9.17, 15) is 4.79 Å². The van der Waals surface area contributed by atoms with Crippen LogP contribution in [0.1, 0.15) is 47.9 Å². The Labute approximate surface area is 140 Å². The van der Waals surface area contributed by atoms with Crippen molar-refractivity contribution in [2.45, 2.75) is 44.4 Å². The van der Waals surface area contributed by atoms with Crippen LogP contribution in [0.4, 0.5) is 0 Å². The molecule has 2 heterocycles. The van der Waals surface area contributed by atoms with Crippen molar-refractivity contribution < 1.29 is 9.53 Å². The molecule has 126 valence electrons. The highest BCUT2D eigenvalue weighted by atomic mass is 16.5. The van der Waals surface area contributed by atoms with Crippen LogP contribution >= 0.6 is 0 Å². The third kappa shape index (κ3) is 3.46. The van der Waals surface area contributed by atoms with Crippen molar-refractivity contribution in [3.63, 3.8) is 0 Å². The average Bonchev–Trinajstić information content (AvgIpc) is 3.13. The van der Waals surface area contributed by atoms with E-state index in [4.69, 9.17) is 4.74 Å². The molecule has 2 atom stereocenters. The van der Waals surface area contributed by atoms with E-state index in [1.54, 1.807) is 16.9 Å². The molecule has 0 bridgehead atoms. The summed E-state index contributed by atoms with van der Waals surface area (Å²) in [7, 11) is 0. The van der Waals surface area contributed by atoms with Gasteiger partial charge in [-0.1, -0.05) is 18.2 Å². The van der Waals surface area contributed by atoms with Gasteiger partial charge in [-0.2, -0.15) is 4.80 Å². The van der Waals surface area contributed by atoms with Crippen molar-refractivity contribution in [1.29, 1.82) is 0 Å². The molecule has 1 saturated heterocycles. The maximum absolute atomic E-state index is 12.4. The van der Waals surface area contributed by atoms with Gasteiger partial charge in [0.2, 0.25) is 0 Å². The highest BCUT2D eigenvalue weighted by molar-refractivity contribution is 5.94. The number of hydrogen-bond acceptors (Lipinski definition) is 5. The molecule has 1 N–H and O–H groups in total. The zero-order chi connectivity index (χ0) is 16.4. The smallest absolute Gasteiger partial charge is 0.251 e. The Hall–Kier alpha value is -2.28. The van der Waals surface area contributed by atoms with Gasteiger partial charge in [0.25, 0.3) is 5.91 Å². The molecule has 1 aromatic carbocycles. The first-order chi connectivity index (χ1) is 11.8. The molecule has 0 unspecified atom stereocenters. The van der Waals surface area contributed by atoms with Crippen molar-refractivity contribution in [2.75, 3.05) is 6.61 Å². The summed E-state index contributed by atoms with van der Waals surface area (Å²) < 4.78 is 5.61. The van der Waals surface area contributed by atoms with Crippen molar-refractivity contribution >= 4 is 5.91 Å². The van der Waals surface area contributed by atoms with Gasteiger partial charge < -0.3 is 10.1 Å². The Bertz CT molecular complexity index is 692. The number of hydrogen-bond donors (Lipinski definition) is 1. The Balaban J connectivity index is 1.45. The van der Waals surface area contributed by atoms with Crippen molar-refractivity contribution in [2.24, 2.45) is 5.92 Å². The maximum atomic E-state index is 12.4. The molecule has 7 heteroatoms. The lowest BCUT2D eigenvalue weighted by atomic mass is 10.1. The standard InChI is InChI=1S/C17H21N5O2/c23-17(13-5-2-1-3-6-13)18-15(12-8-9-12)16-19-21-22(20-16)11-14-7-4-10-24-14/h1-3,5-6,12,14-15H,4,7-11H2,(H,18,23)/t14-,15-/m1/s1. The van der Waals surface area contributed by atoms with Crippen molar-refractivity contribution in [3.05, 3.63) is 41.7 Å². The van der Waals surface area contributed by atoms with Crippen LogP contribution in [-0.2, 0) is 11.3 Å². The maximum Gasteiger partial charge on any atom is 0.251 e. The van der Waals surface area contributed by atoms with Gasteiger partial charge in [-0.05, 0) is 48.9 Å². The molecule has 2 aromatic rings. The minimum absolute atomic E-state index is 0.0945. The van der Waals surface area contributed by atoms with Crippen LogP contribution in [0.2, 0.25) is 0 Å². The molecule has 4 rings (SSSR count). The molecule has 1 amide bonds. The lowest BCUT2D eigenvalue weighted by Gasteiger charge is -2.14. The van der Waals surface area contributed by atoms with E-state index in [1.807, 2.05) is 18.2 Å². The second-order valence-corrected chi connectivity index (χ2v) is 6.49. The van der Waals surface area contributed by atoms with Crippen LogP contribution in [0.15, 0.2) is 30.3 Å². The SMILES string of the molecule is O=C(N[C@@H](c1nnn(C[C@H]2CCCO2)n1)C1CC1)c1ccccc1. The molecule has 1 aromatic heterocycles. The number of rotatable bonds is 6. The van der Waals surface area contributed by atoms with Gasteiger partial charge in [-0.15, -0.1) is 10.2 Å². The van der Waals surface area contributed by atoms with E-state index < -0.39 is 0 Å². The summed E-state index contributed by atoms with van der Waals surface area (Å²) in [6.07, 6.45) is 4.46. The first-order valence-electron chi connectivity index (χ1n) is 8.55. The topological polar surface area (TPSA) is 81.9 Å². The summed E-state index contributed by atoms with van der Waals surface area (Å²) in [6.45, 7) is 1.43. The fourth-order valence-electron chi connectivity index (χ4n) is 3.06. The number of carbonyl (C=O) groups is 1. The quantitative estimate of drug-likeness (QED) is 0.874. The van der Waals surface area contributed by atoms with Crippen molar-refractivity contribution in [1.82, 2.24) is 25.5 Å². The highest BCUT2D eigenvalue weighted by Crippen LogP contribution is 2.39. The number of tetrazole rings is 1. The Kier molecular flexibility index (Phi) is 4.25. The fourth-order valence-corrected chi connectivity index (χ4v) is 3.06. The Morgan fingerprint density at radius 2 is 2.12 bits per heavy atom. The molecule has 1 aliphatic carbocycles. The Morgan fingerprint density at radius 1 is 1.29 bits per heavy atom. The molecule has 2 aliphatic rings. The van der Waals surface area contributed by atoms with Gasteiger partial charge in [0.15, 0.2) is 5.82 Å². The van der Waals surface area contributed by atoms with Crippen LogP contribution in [0.5, 0.6) is 0 Å². The van der Waals surface area contributed by atoms with Crippen molar-refractivity contribution in [3.8, 4) is 0 Å². The minimum Gasteiger partial charge on any atom is -0.376 e. The van der Waals surface area contributed by atoms with Crippen LogP contribution in [-0.4, -0.2) is 38.8 Å². The van der Waals surface area contributed by atoms with Gasteiger partial charge in [0.1, 0.15) is 0 Å². The van der Waals surface area contributed by atoms with Crippen LogP contribution in [0, 0.1) is 5.92 Å². The monoisotopic (exact) mass is 327 g/mol. The zero-order valence-electron chi connectivity index (χ0n) is 13.5. The third-order valence-electron chi connectivity index (χ3n) is 4.55. The number of amides is 1. The predicted molar refractivity (Wildman–Crippen MR) is 86.2 cm³/mol. The van der Waals surface area contributed by atoms with Crippen LogP contribution in [0.25, 0.3) is 0 Å². The molecule has 2 fully saturated rings. The van der Waals surface area contributed by atoms with E-state index in [-0.39, 0.29) is 18.1 Å². The first-order valence-corrected chi connectivity index (χ1v) is 8.55. The van der Waals surface area contributed by atoms with E-state index >= 15 is 0 Å². The zero-order valence-corrected chi connectivity index (χ0v) is 13.5. The summed E-state index contributed by atoms with van der Waals surface area (Å²) in [5, 5.41) is 15.9. The molecular weight excluding hydrogens is 306 g/mol.